The van der Waals surface area contributed by atoms with Crippen LogP contribution < -0.4 is 5.32 Å². The average molecular weight is 256 g/mol. The molecular weight excluding hydrogens is 236 g/mol. The van der Waals surface area contributed by atoms with Gasteiger partial charge in [-0.3, -0.25) is 9.67 Å². The molecular formula is C15H20N4. The summed E-state index contributed by atoms with van der Waals surface area (Å²) in [6.45, 7) is 3.05. The van der Waals surface area contributed by atoms with E-state index in [1.54, 1.807) is 0 Å². The highest BCUT2D eigenvalue weighted by Crippen LogP contribution is 2.24. The Morgan fingerprint density at radius 2 is 2.21 bits per heavy atom. The molecule has 0 aromatic carbocycles. The Morgan fingerprint density at radius 3 is 2.95 bits per heavy atom. The van der Waals surface area contributed by atoms with Gasteiger partial charge in [-0.25, -0.2) is 0 Å². The molecule has 100 valence electrons. The first-order valence-corrected chi connectivity index (χ1v) is 6.96. The molecule has 0 amide bonds. The minimum atomic E-state index is 0.730. The van der Waals surface area contributed by atoms with Gasteiger partial charge >= 0.3 is 0 Å². The van der Waals surface area contributed by atoms with Crippen LogP contribution in [0, 0.1) is 0 Å². The first kappa shape index (κ1) is 12.4. The van der Waals surface area contributed by atoms with Gasteiger partial charge in [0.25, 0.3) is 0 Å². The van der Waals surface area contributed by atoms with E-state index in [0.29, 0.717) is 0 Å². The van der Waals surface area contributed by atoms with Crippen molar-refractivity contribution in [1.82, 2.24) is 20.1 Å². The second-order valence-corrected chi connectivity index (χ2v) is 5.25. The number of nitrogens with one attached hydrogen (secondary N) is 1. The molecule has 1 N–H and O–H groups in total. The van der Waals surface area contributed by atoms with Crippen molar-refractivity contribution in [2.75, 3.05) is 0 Å². The van der Waals surface area contributed by atoms with Crippen molar-refractivity contribution in [1.29, 1.82) is 0 Å². The van der Waals surface area contributed by atoms with Crippen LogP contribution in [0.5, 0.6) is 0 Å². The summed E-state index contributed by atoms with van der Waals surface area (Å²) in [5.74, 6) is 0. The van der Waals surface area contributed by atoms with Crippen molar-refractivity contribution in [3.63, 3.8) is 0 Å². The average Bonchev–Trinajstić information content (AvgIpc) is 3.18. The summed E-state index contributed by atoms with van der Waals surface area (Å²) in [4.78, 5) is 4.37. The Hall–Kier alpha value is -1.68. The number of nitrogens with zero attached hydrogens (tertiary/aromatic N) is 3. The summed E-state index contributed by atoms with van der Waals surface area (Å²) < 4.78 is 1.88. The molecule has 0 unspecified atom stereocenters. The maximum atomic E-state index is 4.49. The number of aromatic nitrogens is 3. The van der Waals surface area contributed by atoms with Crippen molar-refractivity contribution in [3.8, 4) is 11.1 Å². The predicted molar refractivity (Wildman–Crippen MR) is 75.7 cm³/mol. The molecule has 1 aliphatic rings. The molecule has 0 atom stereocenters. The fourth-order valence-electron chi connectivity index (χ4n) is 2.32. The SMILES string of the molecule is CCc1nn(C)cc1-c1cncc(CNC2CC2)c1. The van der Waals surface area contributed by atoms with E-state index in [1.807, 2.05) is 24.1 Å². The van der Waals surface area contributed by atoms with Gasteiger partial charge in [-0.2, -0.15) is 5.10 Å². The highest BCUT2D eigenvalue weighted by molar-refractivity contribution is 5.65. The van der Waals surface area contributed by atoms with E-state index in [0.717, 1.165) is 24.7 Å². The van der Waals surface area contributed by atoms with Crippen LogP contribution >= 0.6 is 0 Å². The molecule has 0 radical (unpaired) electrons. The topological polar surface area (TPSA) is 42.7 Å². The standard InChI is InChI=1S/C15H20N4/c1-3-15-14(10-19(2)18-15)12-6-11(7-16-9-12)8-17-13-4-5-13/h6-7,9-10,13,17H,3-5,8H2,1-2H3. The molecule has 1 saturated carbocycles. The van der Waals surface area contributed by atoms with E-state index in [1.165, 1.54) is 29.5 Å². The normalized spacial score (nSPS) is 14.8. The Balaban J connectivity index is 1.84. The van der Waals surface area contributed by atoms with E-state index in [-0.39, 0.29) is 0 Å². The van der Waals surface area contributed by atoms with Gasteiger partial charge in [-0.05, 0) is 30.9 Å². The number of hydrogen-bond acceptors (Lipinski definition) is 3. The fourth-order valence-corrected chi connectivity index (χ4v) is 2.32. The first-order chi connectivity index (χ1) is 9.26. The molecule has 4 nitrogen and oxygen atoms in total. The van der Waals surface area contributed by atoms with E-state index in [2.05, 4.69) is 34.6 Å². The van der Waals surface area contributed by atoms with Crippen LogP contribution in [0.15, 0.2) is 24.7 Å². The van der Waals surface area contributed by atoms with Gasteiger partial charge < -0.3 is 5.32 Å². The van der Waals surface area contributed by atoms with E-state index in [4.69, 9.17) is 0 Å². The molecule has 2 heterocycles. The van der Waals surface area contributed by atoms with Crippen LogP contribution in [0.2, 0.25) is 0 Å². The van der Waals surface area contributed by atoms with Gasteiger partial charge in [-0.15, -0.1) is 0 Å². The Labute approximate surface area is 113 Å². The molecule has 4 heteroatoms. The van der Waals surface area contributed by atoms with Gasteiger partial charge in [0.2, 0.25) is 0 Å². The van der Waals surface area contributed by atoms with E-state index in [9.17, 15) is 0 Å². The van der Waals surface area contributed by atoms with Crippen molar-refractivity contribution in [2.45, 2.75) is 38.8 Å². The Kier molecular flexibility index (Phi) is 3.34. The Bertz CT molecular complexity index is 569. The van der Waals surface area contributed by atoms with Crippen LogP contribution in [0.1, 0.15) is 31.0 Å². The van der Waals surface area contributed by atoms with Gasteiger partial charge in [0.1, 0.15) is 0 Å². The van der Waals surface area contributed by atoms with Crippen LogP contribution in [-0.2, 0) is 20.0 Å². The summed E-state index contributed by atoms with van der Waals surface area (Å²) in [5.41, 5.74) is 4.75. The third kappa shape index (κ3) is 2.84. The second kappa shape index (κ2) is 5.13. The summed E-state index contributed by atoms with van der Waals surface area (Å²) in [7, 11) is 1.97. The Morgan fingerprint density at radius 1 is 1.37 bits per heavy atom. The lowest BCUT2D eigenvalue weighted by Gasteiger charge is -2.05. The minimum Gasteiger partial charge on any atom is -0.310 e. The third-order valence-corrected chi connectivity index (χ3v) is 3.52. The van der Waals surface area contributed by atoms with Gasteiger partial charge in [0.05, 0.1) is 5.69 Å². The molecule has 0 spiro atoms. The number of aryl methyl sites for hydroxylation is 2. The molecule has 0 aliphatic heterocycles. The maximum Gasteiger partial charge on any atom is 0.0700 e. The van der Waals surface area contributed by atoms with Crippen LogP contribution in [0.25, 0.3) is 11.1 Å². The lowest BCUT2D eigenvalue weighted by molar-refractivity contribution is 0.686. The lowest BCUT2D eigenvalue weighted by atomic mass is 10.1. The smallest absolute Gasteiger partial charge is 0.0700 e. The van der Waals surface area contributed by atoms with Crippen LogP contribution in [-0.4, -0.2) is 20.8 Å². The van der Waals surface area contributed by atoms with E-state index >= 15 is 0 Å². The number of rotatable bonds is 5. The molecule has 1 fully saturated rings. The molecule has 2 aromatic rings. The molecule has 3 rings (SSSR count). The summed E-state index contributed by atoms with van der Waals surface area (Å²) in [6.07, 6.45) is 9.53. The van der Waals surface area contributed by atoms with Crippen molar-refractivity contribution < 1.29 is 0 Å². The lowest BCUT2D eigenvalue weighted by Crippen LogP contribution is -2.15. The zero-order chi connectivity index (χ0) is 13.2. The fraction of sp³-hybridized carbons (Fsp3) is 0.467. The molecule has 19 heavy (non-hydrogen) atoms. The van der Waals surface area contributed by atoms with Gasteiger partial charge in [-0.1, -0.05) is 6.92 Å². The van der Waals surface area contributed by atoms with Crippen molar-refractivity contribution >= 4 is 0 Å². The van der Waals surface area contributed by atoms with Crippen molar-refractivity contribution in [2.24, 2.45) is 7.05 Å². The third-order valence-electron chi connectivity index (χ3n) is 3.52. The monoisotopic (exact) mass is 256 g/mol. The molecule has 0 bridgehead atoms. The predicted octanol–water partition coefficient (Wildman–Crippen LogP) is 2.30. The highest BCUT2D eigenvalue weighted by atomic mass is 15.2. The second-order valence-electron chi connectivity index (χ2n) is 5.25. The summed E-state index contributed by atoms with van der Waals surface area (Å²) in [5, 5.41) is 8.02. The number of hydrogen-bond donors (Lipinski definition) is 1. The van der Waals surface area contributed by atoms with Gasteiger partial charge in [0, 0.05) is 49.4 Å². The maximum absolute atomic E-state index is 4.49. The molecule has 1 aliphatic carbocycles. The largest absolute Gasteiger partial charge is 0.310 e. The summed E-state index contributed by atoms with van der Waals surface area (Å²) >= 11 is 0. The van der Waals surface area contributed by atoms with Gasteiger partial charge in [0.15, 0.2) is 0 Å². The zero-order valence-corrected chi connectivity index (χ0v) is 11.6. The number of pyridine rings is 1. The minimum absolute atomic E-state index is 0.730. The zero-order valence-electron chi connectivity index (χ0n) is 11.6. The van der Waals surface area contributed by atoms with Crippen LogP contribution in [0.3, 0.4) is 0 Å². The van der Waals surface area contributed by atoms with Crippen molar-refractivity contribution in [3.05, 3.63) is 35.9 Å². The first-order valence-electron chi connectivity index (χ1n) is 6.96. The quantitative estimate of drug-likeness (QED) is 0.892. The van der Waals surface area contributed by atoms with E-state index < -0.39 is 0 Å². The molecule has 0 saturated heterocycles. The summed E-state index contributed by atoms with van der Waals surface area (Å²) in [6, 6.07) is 2.95. The highest BCUT2D eigenvalue weighted by Gasteiger charge is 2.20. The molecule has 2 aromatic heterocycles. The van der Waals surface area contributed by atoms with Crippen LogP contribution in [0.4, 0.5) is 0 Å².